The average molecular weight is 337 g/mol. The van der Waals surface area contributed by atoms with Crippen LogP contribution in [0.3, 0.4) is 0 Å². The van der Waals surface area contributed by atoms with Gasteiger partial charge in [-0.25, -0.2) is 0 Å². The number of hydrogen-bond donors (Lipinski definition) is 1. The largest absolute Gasteiger partial charge is 0.497 e. The lowest BCUT2D eigenvalue weighted by molar-refractivity contribution is -0.116. The first-order chi connectivity index (χ1) is 12.3. The molecule has 1 saturated heterocycles. The van der Waals surface area contributed by atoms with Gasteiger partial charge < -0.3 is 14.8 Å². The predicted octanol–water partition coefficient (Wildman–Crippen LogP) is 3.53. The van der Waals surface area contributed by atoms with Crippen molar-refractivity contribution in [3.05, 3.63) is 65.7 Å². The van der Waals surface area contributed by atoms with Crippen LogP contribution < -0.4 is 10.1 Å². The first-order valence-electron chi connectivity index (χ1n) is 8.57. The molecule has 4 nitrogen and oxygen atoms in total. The normalized spacial score (nSPS) is 17.3. The zero-order valence-corrected chi connectivity index (χ0v) is 14.4. The zero-order chi connectivity index (χ0) is 17.5. The number of ether oxygens (including phenoxy) is 2. The van der Waals surface area contributed by atoms with E-state index in [1.165, 1.54) is 0 Å². The molecule has 25 heavy (non-hydrogen) atoms. The molecule has 1 amide bonds. The number of amides is 1. The van der Waals surface area contributed by atoms with Crippen LogP contribution in [0.25, 0.3) is 11.6 Å². The van der Waals surface area contributed by atoms with Gasteiger partial charge in [0.2, 0.25) is 0 Å². The predicted molar refractivity (Wildman–Crippen MR) is 99.3 cm³/mol. The van der Waals surface area contributed by atoms with Crippen LogP contribution in [-0.4, -0.2) is 32.3 Å². The van der Waals surface area contributed by atoms with Crippen molar-refractivity contribution in [2.75, 3.05) is 20.3 Å². The molecule has 1 fully saturated rings. The van der Waals surface area contributed by atoms with E-state index in [-0.39, 0.29) is 12.0 Å². The fourth-order valence-corrected chi connectivity index (χ4v) is 2.87. The zero-order valence-electron chi connectivity index (χ0n) is 14.4. The number of carbonyl (C=O) groups excluding carboxylic acids is 1. The van der Waals surface area contributed by atoms with Gasteiger partial charge in [0.05, 0.1) is 13.2 Å². The van der Waals surface area contributed by atoms with Crippen LogP contribution in [0.4, 0.5) is 0 Å². The lowest BCUT2D eigenvalue weighted by Gasteiger charge is -2.13. The van der Waals surface area contributed by atoms with Gasteiger partial charge in [-0.15, -0.1) is 0 Å². The molecule has 0 aromatic heterocycles. The average Bonchev–Trinajstić information content (AvgIpc) is 3.19. The Hall–Kier alpha value is -2.59. The Morgan fingerprint density at radius 2 is 1.96 bits per heavy atom. The highest BCUT2D eigenvalue weighted by Crippen LogP contribution is 2.21. The van der Waals surface area contributed by atoms with Crippen LogP contribution in [0.2, 0.25) is 0 Å². The van der Waals surface area contributed by atoms with E-state index in [0.29, 0.717) is 12.1 Å². The second-order valence-electron chi connectivity index (χ2n) is 6.04. The summed E-state index contributed by atoms with van der Waals surface area (Å²) in [6.45, 7) is 1.33. The topological polar surface area (TPSA) is 47.6 Å². The van der Waals surface area contributed by atoms with E-state index >= 15 is 0 Å². The summed E-state index contributed by atoms with van der Waals surface area (Å²) in [6.07, 6.45) is 4.10. The molecule has 4 heteroatoms. The summed E-state index contributed by atoms with van der Waals surface area (Å²) in [5.41, 5.74) is 2.49. The van der Waals surface area contributed by atoms with E-state index in [0.717, 1.165) is 36.3 Å². The molecule has 3 rings (SSSR count). The minimum Gasteiger partial charge on any atom is -0.497 e. The maximum absolute atomic E-state index is 12.8. The molecule has 1 aliphatic heterocycles. The van der Waals surface area contributed by atoms with Crippen molar-refractivity contribution in [1.82, 2.24) is 5.32 Å². The molecule has 0 unspecified atom stereocenters. The lowest BCUT2D eigenvalue weighted by Crippen LogP contribution is -2.32. The Labute approximate surface area is 148 Å². The Bertz CT molecular complexity index is 717. The third-order valence-electron chi connectivity index (χ3n) is 4.27. The molecule has 2 aromatic rings. The summed E-state index contributed by atoms with van der Waals surface area (Å²) in [6, 6.07) is 17.4. The van der Waals surface area contributed by atoms with Crippen molar-refractivity contribution in [2.45, 2.75) is 18.9 Å². The van der Waals surface area contributed by atoms with Crippen LogP contribution in [0.5, 0.6) is 5.75 Å². The molecule has 130 valence electrons. The molecule has 0 aliphatic carbocycles. The van der Waals surface area contributed by atoms with Gasteiger partial charge in [-0.2, -0.15) is 0 Å². The Kier molecular flexibility index (Phi) is 5.86. The molecule has 1 N–H and O–H groups in total. The number of benzene rings is 2. The highest BCUT2D eigenvalue weighted by Gasteiger charge is 2.18. The van der Waals surface area contributed by atoms with Crippen LogP contribution in [0, 0.1) is 0 Å². The van der Waals surface area contributed by atoms with Gasteiger partial charge in [0.15, 0.2) is 0 Å². The maximum atomic E-state index is 12.8. The fourth-order valence-electron chi connectivity index (χ4n) is 2.87. The molecule has 0 spiro atoms. The number of carbonyl (C=O) groups is 1. The number of methoxy groups -OCH3 is 1. The van der Waals surface area contributed by atoms with Gasteiger partial charge in [-0.05, 0) is 42.2 Å². The van der Waals surface area contributed by atoms with Gasteiger partial charge in [-0.1, -0.05) is 42.5 Å². The van der Waals surface area contributed by atoms with Gasteiger partial charge in [0, 0.05) is 18.7 Å². The lowest BCUT2D eigenvalue weighted by atomic mass is 10.0. The number of nitrogens with one attached hydrogen (secondary N) is 1. The van der Waals surface area contributed by atoms with Crippen LogP contribution in [0.15, 0.2) is 54.6 Å². The van der Waals surface area contributed by atoms with Crippen LogP contribution in [0.1, 0.15) is 24.0 Å². The maximum Gasteiger partial charge on any atom is 0.252 e. The summed E-state index contributed by atoms with van der Waals surface area (Å²) in [5, 5.41) is 3.01. The molecule has 1 atom stereocenters. The van der Waals surface area contributed by atoms with E-state index in [4.69, 9.17) is 9.47 Å². The highest BCUT2D eigenvalue weighted by molar-refractivity contribution is 6.24. The van der Waals surface area contributed by atoms with Crippen LogP contribution >= 0.6 is 0 Å². The third kappa shape index (κ3) is 4.70. The van der Waals surface area contributed by atoms with Crippen molar-refractivity contribution in [3.63, 3.8) is 0 Å². The standard InChI is InChI=1S/C21H23NO3/c1-24-18-11-9-16(10-12-18)14-20(17-6-3-2-4-7-17)21(23)22-15-19-8-5-13-25-19/h2-4,6-7,9-12,14,19H,5,8,13,15H2,1H3,(H,22,23)/b20-14+/t19-/m1/s1. The van der Waals surface area contributed by atoms with Crippen molar-refractivity contribution < 1.29 is 14.3 Å². The van der Waals surface area contributed by atoms with Gasteiger partial charge in [0.1, 0.15) is 5.75 Å². The van der Waals surface area contributed by atoms with E-state index in [2.05, 4.69) is 5.32 Å². The number of rotatable bonds is 6. The van der Waals surface area contributed by atoms with Crippen molar-refractivity contribution in [3.8, 4) is 5.75 Å². The van der Waals surface area contributed by atoms with Crippen molar-refractivity contribution >= 4 is 17.6 Å². The van der Waals surface area contributed by atoms with E-state index in [1.807, 2.05) is 60.7 Å². The molecule has 0 radical (unpaired) electrons. The molecule has 0 saturated carbocycles. The van der Waals surface area contributed by atoms with E-state index < -0.39 is 0 Å². The summed E-state index contributed by atoms with van der Waals surface area (Å²) in [4.78, 5) is 12.8. The van der Waals surface area contributed by atoms with Crippen LogP contribution in [-0.2, 0) is 9.53 Å². The summed E-state index contributed by atoms with van der Waals surface area (Å²) in [5.74, 6) is 0.707. The SMILES string of the molecule is COc1ccc(/C=C(/C(=O)NC[C@H]2CCCO2)c2ccccc2)cc1. The van der Waals surface area contributed by atoms with E-state index in [9.17, 15) is 4.79 Å². The molecule has 1 heterocycles. The van der Waals surface area contributed by atoms with Gasteiger partial charge in [-0.3, -0.25) is 4.79 Å². The molecular formula is C21H23NO3. The van der Waals surface area contributed by atoms with Gasteiger partial charge in [0.25, 0.3) is 5.91 Å². The second kappa shape index (κ2) is 8.49. The van der Waals surface area contributed by atoms with E-state index in [1.54, 1.807) is 7.11 Å². The van der Waals surface area contributed by atoms with Crippen molar-refractivity contribution in [2.24, 2.45) is 0 Å². The molecule has 0 bridgehead atoms. The summed E-state index contributed by atoms with van der Waals surface area (Å²) in [7, 11) is 1.64. The molecular weight excluding hydrogens is 314 g/mol. The Morgan fingerprint density at radius 1 is 1.20 bits per heavy atom. The molecule has 2 aromatic carbocycles. The monoisotopic (exact) mass is 337 g/mol. The Balaban J connectivity index is 1.81. The second-order valence-corrected chi connectivity index (χ2v) is 6.04. The smallest absolute Gasteiger partial charge is 0.252 e. The summed E-state index contributed by atoms with van der Waals surface area (Å²) >= 11 is 0. The van der Waals surface area contributed by atoms with Crippen molar-refractivity contribution in [1.29, 1.82) is 0 Å². The first kappa shape index (κ1) is 17.2. The minimum atomic E-state index is -0.0856. The Morgan fingerprint density at radius 3 is 2.60 bits per heavy atom. The first-order valence-corrected chi connectivity index (χ1v) is 8.57. The highest BCUT2D eigenvalue weighted by atomic mass is 16.5. The third-order valence-corrected chi connectivity index (χ3v) is 4.27. The van der Waals surface area contributed by atoms with Gasteiger partial charge >= 0.3 is 0 Å². The number of hydrogen-bond acceptors (Lipinski definition) is 3. The quantitative estimate of drug-likeness (QED) is 0.648. The fraction of sp³-hybridized carbons (Fsp3) is 0.286. The minimum absolute atomic E-state index is 0.0856. The summed E-state index contributed by atoms with van der Waals surface area (Å²) < 4.78 is 10.8. The molecule has 1 aliphatic rings.